The molecule has 1 N–H and O–H groups in total. The molecule has 0 amide bonds. The second-order valence-corrected chi connectivity index (χ2v) is 7.59. The highest BCUT2D eigenvalue weighted by atomic mass is 32.1. The standard InChI is InChI=1S/C22H28O2S/c23-22(24)16-10-9-15-21-18-17-20(25-21)14-8-3-1-2-5-11-19-12-6-4-7-13-19/h4,6-7,9,12-13,15,17-18H,1-3,5,8,10-11,14,16H2,(H,23,24). The highest BCUT2D eigenvalue weighted by molar-refractivity contribution is 7.12. The smallest absolute Gasteiger partial charge is 0.303 e. The SMILES string of the molecule is O=C(O)CCC=Cc1ccc(CCCCCCCc2ccccc2)s1. The van der Waals surface area contributed by atoms with E-state index in [1.54, 1.807) is 0 Å². The zero-order valence-electron chi connectivity index (χ0n) is 14.8. The second-order valence-electron chi connectivity index (χ2n) is 6.39. The van der Waals surface area contributed by atoms with Crippen LogP contribution in [0.4, 0.5) is 0 Å². The molecule has 0 unspecified atom stereocenters. The van der Waals surface area contributed by atoms with Crippen LogP contribution in [0.3, 0.4) is 0 Å². The zero-order valence-corrected chi connectivity index (χ0v) is 15.6. The number of rotatable bonds is 12. The van der Waals surface area contributed by atoms with Gasteiger partial charge < -0.3 is 5.11 Å². The maximum Gasteiger partial charge on any atom is 0.303 e. The average molecular weight is 357 g/mol. The van der Waals surface area contributed by atoms with E-state index in [1.807, 2.05) is 23.5 Å². The Morgan fingerprint density at radius 1 is 0.920 bits per heavy atom. The van der Waals surface area contributed by atoms with Crippen molar-refractivity contribution in [3.8, 4) is 0 Å². The van der Waals surface area contributed by atoms with Gasteiger partial charge in [-0.1, -0.05) is 55.7 Å². The summed E-state index contributed by atoms with van der Waals surface area (Å²) < 4.78 is 0. The topological polar surface area (TPSA) is 37.3 Å². The average Bonchev–Trinajstić information content (AvgIpc) is 3.06. The Morgan fingerprint density at radius 2 is 1.64 bits per heavy atom. The van der Waals surface area contributed by atoms with Gasteiger partial charge in [0.05, 0.1) is 0 Å². The number of allylic oxidation sites excluding steroid dienone is 1. The molecule has 0 radical (unpaired) electrons. The van der Waals surface area contributed by atoms with Gasteiger partial charge in [-0.25, -0.2) is 0 Å². The lowest BCUT2D eigenvalue weighted by molar-refractivity contribution is -0.136. The summed E-state index contributed by atoms with van der Waals surface area (Å²) in [5.41, 5.74) is 1.45. The molecule has 2 aromatic rings. The lowest BCUT2D eigenvalue weighted by Crippen LogP contribution is -1.91. The molecule has 0 spiro atoms. The van der Waals surface area contributed by atoms with Crippen molar-refractivity contribution < 1.29 is 9.90 Å². The van der Waals surface area contributed by atoms with Crippen molar-refractivity contribution in [3.05, 3.63) is 63.9 Å². The summed E-state index contributed by atoms with van der Waals surface area (Å²) in [5, 5.41) is 8.62. The van der Waals surface area contributed by atoms with E-state index in [9.17, 15) is 4.79 Å². The highest BCUT2D eigenvalue weighted by Crippen LogP contribution is 2.21. The monoisotopic (exact) mass is 356 g/mol. The molecule has 2 nitrogen and oxygen atoms in total. The summed E-state index contributed by atoms with van der Waals surface area (Å²) in [7, 11) is 0. The molecule has 0 atom stereocenters. The van der Waals surface area contributed by atoms with Crippen molar-refractivity contribution >= 4 is 23.4 Å². The minimum atomic E-state index is -0.736. The molecule has 0 saturated carbocycles. The fraction of sp³-hybridized carbons (Fsp3) is 0.409. The highest BCUT2D eigenvalue weighted by Gasteiger charge is 1.99. The number of hydrogen-bond acceptors (Lipinski definition) is 2. The van der Waals surface area contributed by atoms with Crippen molar-refractivity contribution in [2.75, 3.05) is 0 Å². The summed E-state index contributed by atoms with van der Waals surface area (Å²) in [6, 6.07) is 15.1. The van der Waals surface area contributed by atoms with Crippen LogP contribution in [0.2, 0.25) is 0 Å². The van der Waals surface area contributed by atoms with Crippen LogP contribution in [-0.2, 0) is 17.6 Å². The van der Waals surface area contributed by atoms with Crippen LogP contribution in [0, 0.1) is 0 Å². The number of aliphatic carboxylic acids is 1. The molecule has 0 aliphatic carbocycles. The summed E-state index contributed by atoms with van der Waals surface area (Å²) >= 11 is 1.82. The molecule has 0 aliphatic rings. The molecule has 0 fully saturated rings. The fourth-order valence-electron chi connectivity index (χ4n) is 2.83. The van der Waals surface area contributed by atoms with E-state index >= 15 is 0 Å². The summed E-state index contributed by atoms with van der Waals surface area (Å²) in [4.78, 5) is 13.1. The first-order chi connectivity index (χ1) is 12.2. The first-order valence-corrected chi connectivity index (χ1v) is 10.1. The lowest BCUT2D eigenvalue weighted by atomic mass is 10.0. The van der Waals surface area contributed by atoms with E-state index in [4.69, 9.17) is 5.11 Å². The zero-order chi connectivity index (χ0) is 17.7. The maximum absolute atomic E-state index is 10.5. The molecule has 2 rings (SSSR count). The Hall–Kier alpha value is -1.87. The first kappa shape index (κ1) is 19.5. The quantitative estimate of drug-likeness (QED) is 0.449. The third kappa shape index (κ3) is 8.69. The van der Waals surface area contributed by atoms with E-state index < -0.39 is 5.97 Å². The van der Waals surface area contributed by atoms with Gasteiger partial charge >= 0.3 is 5.97 Å². The van der Waals surface area contributed by atoms with E-state index in [2.05, 4.69) is 42.5 Å². The number of unbranched alkanes of at least 4 members (excludes halogenated alkanes) is 4. The van der Waals surface area contributed by atoms with Crippen molar-refractivity contribution in [3.63, 3.8) is 0 Å². The van der Waals surface area contributed by atoms with Crippen LogP contribution < -0.4 is 0 Å². The van der Waals surface area contributed by atoms with Gasteiger partial charge in [-0.15, -0.1) is 11.3 Å². The van der Waals surface area contributed by atoms with Gasteiger partial charge in [-0.05, 0) is 55.9 Å². The van der Waals surface area contributed by atoms with Crippen LogP contribution in [-0.4, -0.2) is 11.1 Å². The predicted molar refractivity (Wildman–Crippen MR) is 107 cm³/mol. The molecular formula is C22H28O2S. The number of benzene rings is 1. The van der Waals surface area contributed by atoms with Crippen LogP contribution in [0.5, 0.6) is 0 Å². The molecule has 1 aromatic heterocycles. The van der Waals surface area contributed by atoms with Gasteiger partial charge in [0, 0.05) is 16.2 Å². The fourth-order valence-corrected chi connectivity index (χ4v) is 3.81. The lowest BCUT2D eigenvalue weighted by Gasteiger charge is -2.02. The van der Waals surface area contributed by atoms with Gasteiger partial charge in [0.1, 0.15) is 0 Å². The van der Waals surface area contributed by atoms with Crippen molar-refractivity contribution in [2.45, 2.75) is 57.8 Å². The summed E-state index contributed by atoms with van der Waals surface area (Å²) in [5.74, 6) is -0.736. The van der Waals surface area contributed by atoms with Crippen molar-refractivity contribution in [1.29, 1.82) is 0 Å². The van der Waals surface area contributed by atoms with E-state index in [0.717, 1.165) is 6.42 Å². The number of carbonyl (C=O) groups is 1. The van der Waals surface area contributed by atoms with Crippen LogP contribution in [0.1, 0.15) is 60.3 Å². The number of thiophene rings is 1. The minimum Gasteiger partial charge on any atom is -0.481 e. The van der Waals surface area contributed by atoms with E-state index in [0.29, 0.717) is 6.42 Å². The van der Waals surface area contributed by atoms with Gasteiger partial charge in [0.15, 0.2) is 0 Å². The van der Waals surface area contributed by atoms with Gasteiger partial charge in [0.2, 0.25) is 0 Å². The summed E-state index contributed by atoms with van der Waals surface area (Å²) in [6.07, 6.45) is 13.6. The largest absolute Gasteiger partial charge is 0.481 e. The molecule has 0 saturated heterocycles. The van der Waals surface area contributed by atoms with Crippen LogP contribution >= 0.6 is 11.3 Å². The van der Waals surface area contributed by atoms with Crippen LogP contribution in [0.25, 0.3) is 6.08 Å². The number of carboxylic acids is 1. The summed E-state index contributed by atoms with van der Waals surface area (Å²) in [6.45, 7) is 0. The minimum absolute atomic E-state index is 0.207. The predicted octanol–water partition coefficient (Wildman–Crippen LogP) is 6.36. The number of hydrogen-bond donors (Lipinski definition) is 1. The van der Waals surface area contributed by atoms with Crippen LogP contribution in [0.15, 0.2) is 48.5 Å². The van der Waals surface area contributed by atoms with Crippen molar-refractivity contribution in [1.82, 2.24) is 0 Å². The second kappa shape index (κ2) is 11.6. The molecule has 0 bridgehead atoms. The van der Waals surface area contributed by atoms with Gasteiger partial charge in [-0.3, -0.25) is 4.79 Å². The van der Waals surface area contributed by atoms with Gasteiger partial charge in [0.25, 0.3) is 0 Å². The Kier molecular flexibility index (Phi) is 9.06. The third-order valence-corrected chi connectivity index (χ3v) is 5.33. The number of carboxylic acid groups (broad SMARTS) is 1. The normalized spacial score (nSPS) is 11.2. The van der Waals surface area contributed by atoms with Crippen molar-refractivity contribution in [2.24, 2.45) is 0 Å². The third-order valence-electron chi connectivity index (χ3n) is 4.22. The molecule has 1 aromatic carbocycles. The Morgan fingerprint density at radius 3 is 2.40 bits per heavy atom. The molecule has 1 heterocycles. The Labute approximate surface area is 155 Å². The number of aryl methyl sites for hydroxylation is 2. The molecule has 3 heteroatoms. The molecule has 134 valence electrons. The maximum atomic E-state index is 10.5. The van der Waals surface area contributed by atoms with Gasteiger partial charge in [-0.2, -0.15) is 0 Å². The first-order valence-electron chi connectivity index (χ1n) is 9.25. The van der Waals surface area contributed by atoms with E-state index in [-0.39, 0.29) is 6.42 Å². The Balaban J connectivity index is 1.52. The van der Waals surface area contributed by atoms with E-state index in [1.165, 1.54) is 53.8 Å². The Bertz CT molecular complexity index is 643. The molecule has 0 aliphatic heterocycles. The molecule has 25 heavy (non-hydrogen) atoms. The molecular weight excluding hydrogens is 328 g/mol.